The number of aromatic nitrogens is 1. The number of halogens is 2. The number of benzene rings is 4. The third-order valence-electron chi connectivity index (χ3n) is 6.30. The van der Waals surface area contributed by atoms with Crippen LogP contribution in [0.2, 0.25) is 10.0 Å². The van der Waals surface area contributed by atoms with Gasteiger partial charge in [-0.15, -0.1) is 23.1 Å². The van der Waals surface area contributed by atoms with Crippen molar-refractivity contribution in [2.24, 2.45) is 0 Å². The lowest BCUT2D eigenvalue weighted by molar-refractivity contribution is -0.114. The van der Waals surface area contributed by atoms with Crippen LogP contribution in [0.5, 0.6) is 0 Å². The van der Waals surface area contributed by atoms with Crippen LogP contribution >= 0.6 is 46.3 Å². The molecule has 0 saturated heterocycles. The molecule has 0 aliphatic carbocycles. The van der Waals surface area contributed by atoms with Gasteiger partial charge in [0.05, 0.1) is 16.5 Å². The first-order chi connectivity index (χ1) is 21.7. The van der Waals surface area contributed by atoms with E-state index < -0.39 is 11.8 Å². The predicted molar refractivity (Wildman–Crippen MR) is 185 cm³/mol. The number of rotatable bonds is 10. The number of nitrogens with one attached hydrogen (secondary N) is 3. The van der Waals surface area contributed by atoms with Crippen molar-refractivity contribution in [2.75, 3.05) is 16.4 Å². The molecule has 3 N–H and O–H groups in total. The van der Waals surface area contributed by atoms with E-state index in [0.717, 1.165) is 21.6 Å². The third kappa shape index (κ3) is 9.06. The molecular formula is C34H26Cl2N4O3S2. The molecule has 5 aromatic rings. The summed E-state index contributed by atoms with van der Waals surface area (Å²) >= 11 is 14.9. The minimum Gasteiger partial charge on any atom is -0.321 e. The summed E-state index contributed by atoms with van der Waals surface area (Å²) in [5.74, 6) is -0.992. The van der Waals surface area contributed by atoms with Gasteiger partial charge in [0.1, 0.15) is 5.70 Å². The number of anilines is 2. The van der Waals surface area contributed by atoms with Crippen LogP contribution in [0.15, 0.2) is 113 Å². The Balaban J connectivity index is 1.22. The van der Waals surface area contributed by atoms with E-state index in [1.807, 2.05) is 48.7 Å². The Bertz CT molecular complexity index is 1890. The Kier molecular flexibility index (Phi) is 10.7. The Hall–Kier alpha value is -4.41. The summed E-state index contributed by atoms with van der Waals surface area (Å²) in [5, 5.41) is 11.7. The van der Waals surface area contributed by atoms with Crippen molar-refractivity contribution in [3.05, 3.63) is 135 Å². The first-order valence-electron chi connectivity index (χ1n) is 13.6. The van der Waals surface area contributed by atoms with Gasteiger partial charge in [-0.3, -0.25) is 14.4 Å². The van der Waals surface area contributed by atoms with Crippen LogP contribution in [0.3, 0.4) is 0 Å². The Labute approximate surface area is 278 Å². The van der Waals surface area contributed by atoms with Crippen molar-refractivity contribution in [3.8, 4) is 11.3 Å². The molecule has 0 radical (unpaired) electrons. The predicted octanol–water partition coefficient (Wildman–Crippen LogP) is 8.57. The van der Waals surface area contributed by atoms with Gasteiger partial charge in [0.25, 0.3) is 11.8 Å². The molecule has 11 heteroatoms. The smallest absolute Gasteiger partial charge is 0.272 e. The molecule has 0 unspecified atom stereocenters. The van der Waals surface area contributed by atoms with E-state index in [1.165, 1.54) is 23.1 Å². The van der Waals surface area contributed by atoms with Gasteiger partial charge in [-0.2, -0.15) is 0 Å². The number of thioether (sulfide) groups is 1. The van der Waals surface area contributed by atoms with E-state index in [4.69, 9.17) is 23.2 Å². The average Bonchev–Trinajstić information content (AvgIpc) is 3.48. The summed E-state index contributed by atoms with van der Waals surface area (Å²) in [5.41, 5.74) is 4.19. The number of thiazole rings is 1. The van der Waals surface area contributed by atoms with Gasteiger partial charge in [-0.05, 0) is 67.1 Å². The molecule has 0 saturated carbocycles. The fraction of sp³-hybridized carbons (Fsp3) is 0.0588. The van der Waals surface area contributed by atoms with Crippen molar-refractivity contribution >= 4 is 80.9 Å². The first-order valence-corrected chi connectivity index (χ1v) is 16.3. The maximum atomic E-state index is 13.4. The second-order valence-electron chi connectivity index (χ2n) is 9.77. The highest BCUT2D eigenvalue weighted by Gasteiger charge is 2.16. The van der Waals surface area contributed by atoms with Gasteiger partial charge in [0.2, 0.25) is 5.91 Å². The normalized spacial score (nSPS) is 11.1. The van der Waals surface area contributed by atoms with Crippen molar-refractivity contribution in [2.45, 2.75) is 11.8 Å². The summed E-state index contributed by atoms with van der Waals surface area (Å²) in [6.07, 6.45) is 1.64. The van der Waals surface area contributed by atoms with Crippen LogP contribution in [-0.2, 0) is 9.59 Å². The molecule has 3 amide bonds. The zero-order valence-corrected chi connectivity index (χ0v) is 27.0. The summed E-state index contributed by atoms with van der Waals surface area (Å²) in [6, 6.07) is 28.6. The molecule has 0 atom stereocenters. The fourth-order valence-electron chi connectivity index (χ4n) is 4.19. The van der Waals surface area contributed by atoms with Crippen LogP contribution in [0, 0.1) is 6.92 Å². The van der Waals surface area contributed by atoms with E-state index in [1.54, 1.807) is 66.7 Å². The van der Waals surface area contributed by atoms with Crippen molar-refractivity contribution < 1.29 is 14.4 Å². The largest absolute Gasteiger partial charge is 0.321 e. The van der Waals surface area contributed by atoms with Crippen molar-refractivity contribution in [1.82, 2.24) is 10.3 Å². The van der Waals surface area contributed by atoms with Crippen LogP contribution in [0.4, 0.5) is 10.8 Å². The maximum Gasteiger partial charge on any atom is 0.272 e. The molecule has 0 aliphatic rings. The molecular weight excluding hydrogens is 647 g/mol. The lowest BCUT2D eigenvalue weighted by Gasteiger charge is -2.12. The standard InChI is InChI=1S/C34H26Cl2N4O3S2/c1-21-7-5-8-22(15-21)16-29(38-32(42)23-9-3-2-4-10-23)33(43)37-25-11-6-12-26(18-25)44-20-31(41)40-34-39-30(19-45-34)27-14-13-24(35)17-28(27)36/h2-19H,20H2,1H3,(H,37,43)(H,38,42)(H,39,40,41)/b29-16+. The molecule has 1 heterocycles. The second-order valence-corrected chi connectivity index (χ2v) is 12.5. The topological polar surface area (TPSA) is 100 Å². The quantitative estimate of drug-likeness (QED) is 0.102. The molecule has 7 nitrogen and oxygen atoms in total. The molecule has 45 heavy (non-hydrogen) atoms. The SMILES string of the molecule is Cc1cccc(/C=C(/NC(=O)c2ccccc2)C(=O)Nc2cccc(SCC(=O)Nc3nc(-c4ccc(Cl)cc4Cl)cs3)c2)c1. The number of nitrogens with zero attached hydrogens (tertiary/aromatic N) is 1. The molecule has 0 spiro atoms. The van der Waals surface area contributed by atoms with Gasteiger partial charge in [0, 0.05) is 32.1 Å². The van der Waals surface area contributed by atoms with E-state index in [2.05, 4.69) is 20.9 Å². The Morgan fingerprint density at radius 3 is 2.47 bits per heavy atom. The molecule has 5 rings (SSSR count). The van der Waals surface area contributed by atoms with Crippen LogP contribution in [0.1, 0.15) is 21.5 Å². The summed E-state index contributed by atoms with van der Waals surface area (Å²) < 4.78 is 0. The molecule has 0 fully saturated rings. The zero-order valence-electron chi connectivity index (χ0n) is 23.8. The van der Waals surface area contributed by atoms with Gasteiger partial charge in [0.15, 0.2) is 5.13 Å². The van der Waals surface area contributed by atoms with Gasteiger partial charge in [-0.1, -0.05) is 77.3 Å². The number of amides is 3. The Morgan fingerprint density at radius 1 is 0.889 bits per heavy atom. The zero-order chi connectivity index (χ0) is 31.8. The molecule has 226 valence electrons. The maximum absolute atomic E-state index is 13.4. The lowest BCUT2D eigenvalue weighted by atomic mass is 10.1. The number of hydrogen-bond donors (Lipinski definition) is 3. The summed E-state index contributed by atoms with van der Waals surface area (Å²) in [4.78, 5) is 44.3. The lowest BCUT2D eigenvalue weighted by Crippen LogP contribution is -2.30. The van der Waals surface area contributed by atoms with Crippen LogP contribution in [0.25, 0.3) is 17.3 Å². The van der Waals surface area contributed by atoms with E-state index >= 15 is 0 Å². The third-order valence-corrected chi connectivity index (χ3v) is 8.60. The average molecular weight is 674 g/mol. The minimum absolute atomic E-state index is 0.0922. The number of carbonyl (C=O) groups excluding carboxylic acids is 3. The molecule has 0 aliphatic heterocycles. The van der Waals surface area contributed by atoms with Crippen LogP contribution in [-0.4, -0.2) is 28.5 Å². The van der Waals surface area contributed by atoms with Crippen molar-refractivity contribution in [1.29, 1.82) is 0 Å². The first kappa shape index (κ1) is 32.0. The minimum atomic E-state index is -0.485. The number of aryl methyl sites for hydroxylation is 1. The number of hydrogen-bond acceptors (Lipinski definition) is 6. The summed E-state index contributed by atoms with van der Waals surface area (Å²) in [6.45, 7) is 1.95. The monoisotopic (exact) mass is 672 g/mol. The second kappa shape index (κ2) is 15.0. The van der Waals surface area contributed by atoms with Gasteiger partial charge < -0.3 is 16.0 Å². The fourth-order valence-corrected chi connectivity index (χ4v) is 6.17. The van der Waals surface area contributed by atoms with Gasteiger partial charge in [-0.25, -0.2) is 4.98 Å². The van der Waals surface area contributed by atoms with E-state index in [0.29, 0.717) is 32.1 Å². The molecule has 1 aromatic heterocycles. The van der Waals surface area contributed by atoms with E-state index in [-0.39, 0.29) is 17.4 Å². The molecule has 4 aromatic carbocycles. The van der Waals surface area contributed by atoms with Gasteiger partial charge >= 0.3 is 0 Å². The van der Waals surface area contributed by atoms with E-state index in [9.17, 15) is 14.4 Å². The summed E-state index contributed by atoms with van der Waals surface area (Å²) in [7, 11) is 0. The molecule has 0 bridgehead atoms. The highest BCUT2D eigenvalue weighted by atomic mass is 35.5. The van der Waals surface area contributed by atoms with Crippen LogP contribution < -0.4 is 16.0 Å². The Morgan fingerprint density at radius 2 is 1.69 bits per heavy atom. The highest BCUT2D eigenvalue weighted by molar-refractivity contribution is 8.00. The number of carbonyl (C=O) groups is 3. The highest BCUT2D eigenvalue weighted by Crippen LogP contribution is 2.32. The van der Waals surface area contributed by atoms with Crippen molar-refractivity contribution in [3.63, 3.8) is 0 Å².